The van der Waals surface area contributed by atoms with Crippen LogP contribution in [-0.4, -0.2) is 3.71 Å². The Kier molecular flexibility index (Phi) is 13.4. The van der Waals surface area contributed by atoms with E-state index in [0.29, 0.717) is 0 Å². The molecule has 0 saturated carbocycles. The van der Waals surface area contributed by atoms with Crippen LogP contribution in [0, 0.1) is 0 Å². The maximum atomic E-state index is 2.26. The number of rotatable bonds is 0. The van der Waals surface area contributed by atoms with Crippen molar-refractivity contribution >= 4 is 3.71 Å². The van der Waals surface area contributed by atoms with Gasteiger partial charge in [0, 0.05) is 0 Å². The van der Waals surface area contributed by atoms with Crippen molar-refractivity contribution in [2.75, 3.05) is 0 Å². The van der Waals surface area contributed by atoms with Gasteiger partial charge in [-0.1, -0.05) is 51.4 Å². The number of fused-ring (bicyclic) bond motifs is 2. The fraction of sp³-hybridized carbons (Fsp3) is 0.450. The average molecular weight is 429 g/mol. The first kappa shape index (κ1) is 23.0. The molecule has 0 nitrogen and oxygen atoms in total. The van der Waals surface area contributed by atoms with Crippen molar-refractivity contribution in [2.45, 2.75) is 58.3 Å². The third-order valence-electron chi connectivity index (χ3n) is 4.30. The molecule has 0 bridgehead atoms. The zero-order chi connectivity index (χ0) is 14.9. The van der Waals surface area contributed by atoms with Gasteiger partial charge in [-0.25, -0.2) is 12.1 Å². The van der Waals surface area contributed by atoms with E-state index in [4.69, 9.17) is 0 Å². The molecule has 0 radical (unpaired) electrons. The van der Waals surface area contributed by atoms with Crippen molar-refractivity contribution in [2.24, 2.45) is 0 Å². The van der Waals surface area contributed by atoms with E-state index in [9.17, 15) is 0 Å². The Labute approximate surface area is 168 Å². The molecule has 2 aromatic carbocycles. The van der Waals surface area contributed by atoms with Crippen LogP contribution >= 0.6 is 0 Å². The van der Waals surface area contributed by atoms with E-state index in [1.165, 1.54) is 75.6 Å². The first-order valence-electron chi connectivity index (χ1n) is 8.27. The van der Waals surface area contributed by atoms with Gasteiger partial charge >= 0.3 is 34.9 Å². The van der Waals surface area contributed by atoms with Gasteiger partial charge in [0.25, 0.3) is 0 Å². The molecule has 0 aromatic heterocycles. The minimum absolute atomic E-state index is 0. The third kappa shape index (κ3) is 7.63. The standard InChI is InChI=1S/2C9H11.C2H4.2ClH.Zr/c2*1-2-5-9-7-3-6-8(9)4-1;1-2;;;/h2*3,6-7H,1-2,4-5H2;1H,2H3;2*1H;/q2*-1;;;;+2/p-2. The van der Waals surface area contributed by atoms with E-state index in [1.807, 2.05) is 6.92 Å². The molecule has 0 heterocycles. The second kappa shape index (κ2) is 13.3. The Bertz CT molecular complexity index is 452. The zero-order valence-electron chi connectivity index (χ0n) is 14.0. The molecule has 23 heavy (non-hydrogen) atoms. The van der Waals surface area contributed by atoms with Gasteiger partial charge in [0.1, 0.15) is 0 Å². The van der Waals surface area contributed by atoms with E-state index in [0.717, 1.165) is 0 Å². The summed E-state index contributed by atoms with van der Waals surface area (Å²) < 4.78 is 2.09. The van der Waals surface area contributed by atoms with Crippen molar-refractivity contribution in [1.82, 2.24) is 0 Å². The molecule has 3 heteroatoms. The van der Waals surface area contributed by atoms with Crippen molar-refractivity contribution in [3.8, 4) is 0 Å². The van der Waals surface area contributed by atoms with E-state index >= 15 is 0 Å². The minimum Gasteiger partial charge on any atom is -1.00 e. The predicted molar refractivity (Wildman–Crippen MR) is 89.1 cm³/mol. The maximum Gasteiger partial charge on any atom is -0.0512 e. The second-order valence-electron chi connectivity index (χ2n) is 5.86. The summed E-state index contributed by atoms with van der Waals surface area (Å²) in [6, 6.07) is 13.4. The molecule has 0 amide bonds. The summed E-state index contributed by atoms with van der Waals surface area (Å²) >= 11 is 1.51. The van der Waals surface area contributed by atoms with Gasteiger partial charge < -0.3 is 24.8 Å². The summed E-state index contributed by atoms with van der Waals surface area (Å²) in [5.41, 5.74) is 6.39. The molecule has 2 aliphatic carbocycles. The molecular weight excluding hydrogens is 402 g/mol. The van der Waals surface area contributed by atoms with Gasteiger partial charge in [-0.15, -0.1) is 0 Å². The van der Waals surface area contributed by atoms with Crippen LogP contribution in [0.15, 0.2) is 36.4 Å². The quantitative estimate of drug-likeness (QED) is 0.469. The Morgan fingerprint density at radius 2 is 1.13 bits per heavy atom. The molecule has 0 unspecified atom stereocenters. The first-order chi connectivity index (χ1) is 10.3. The van der Waals surface area contributed by atoms with Gasteiger partial charge in [-0.05, 0) is 0 Å². The van der Waals surface area contributed by atoms with Gasteiger partial charge in [0.2, 0.25) is 0 Å². The van der Waals surface area contributed by atoms with Crippen molar-refractivity contribution in [3.05, 3.63) is 58.7 Å². The minimum atomic E-state index is 0. The van der Waals surface area contributed by atoms with E-state index in [1.54, 1.807) is 22.3 Å². The van der Waals surface area contributed by atoms with Crippen LogP contribution < -0.4 is 24.8 Å². The van der Waals surface area contributed by atoms with E-state index < -0.39 is 0 Å². The fourth-order valence-corrected chi connectivity index (χ4v) is 3.23. The largest absolute Gasteiger partial charge is 1.00 e. The number of hydrogen-bond donors (Lipinski definition) is 0. The molecule has 0 N–H and O–H groups in total. The van der Waals surface area contributed by atoms with Crippen LogP contribution in [0.2, 0.25) is 0 Å². The Hall–Kier alpha value is 0.0331. The molecule has 2 aromatic rings. The van der Waals surface area contributed by atoms with Crippen molar-refractivity contribution in [3.63, 3.8) is 0 Å². The Morgan fingerprint density at radius 1 is 0.783 bits per heavy atom. The van der Waals surface area contributed by atoms with Gasteiger partial charge in [-0.2, -0.15) is 46.5 Å². The summed E-state index contributed by atoms with van der Waals surface area (Å²) in [5, 5.41) is 0. The van der Waals surface area contributed by atoms with Gasteiger partial charge in [0.05, 0.1) is 0 Å². The van der Waals surface area contributed by atoms with E-state index in [2.05, 4.69) is 40.1 Å². The van der Waals surface area contributed by atoms with Crippen LogP contribution in [0.25, 0.3) is 0 Å². The molecular formula is C20H26Cl2Zr-2. The summed E-state index contributed by atoms with van der Waals surface area (Å²) in [6.07, 6.45) is 10.9. The van der Waals surface area contributed by atoms with E-state index in [-0.39, 0.29) is 24.8 Å². The summed E-state index contributed by atoms with van der Waals surface area (Å²) in [7, 11) is 0. The normalized spacial score (nSPS) is 14.2. The third-order valence-corrected chi connectivity index (χ3v) is 4.30. The predicted octanol–water partition coefficient (Wildman–Crippen LogP) is -1.07. The monoisotopic (exact) mass is 426 g/mol. The maximum absolute atomic E-state index is 2.26. The van der Waals surface area contributed by atoms with Crippen molar-refractivity contribution in [1.29, 1.82) is 0 Å². The molecule has 126 valence electrons. The number of halogens is 2. The van der Waals surface area contributed by atoms with Crippen LogP contribution in [0.4, 0.5) is 0 Å². The van der Waals surface area contributed by atoms with Crippen LogP contribution in [0.3, 0.4) is 0 Å². The average Bonchev–Trinajstić information content (AvgIpc) is 3.17. The number of aryl methyl sites for hydroxylation is 4. The smallest absolute Gasteiger partial charge is 0.0512 e. The Morgan fingerprint density at radius 3 is 1.48 bits per heavy atom. The summed E-state index contributed by atoms with van der Waals surface area (Å²) in [4.78, 5) is 0. The molecule has 4 rings (SSSR count). The first-order valence-corrected chi connectivity index (χ1v) is 9.69. The molecule has 2 aliphatic rings. The van der Waals surface area contributed by atoms with Crippen LogP contribution in [-0.2, 0) is 49.9 Å². The van der Waals surface area contributed by atoms with Gasteiger partial charge in [0.15, 0.2) is 0 Å². The fourth-order valence-electron chi connectivity index (χ4n) is 3.23. The molecule has 0 atom stereocenters. The Balaban J connectivity index is 0.000000336. The second-order valence-corrected chi connectivity index (χ2v) is 7.27. The summed E-state index contributed by atoms with van der Waals surface area (Å²) in [6.45, 7) is 2.04. The topological polar surface area (TPSA) is 0 Å². The molecule has 0 aliphatic heterocycles. The summed E-state index contributed by atoms with van der Waals surface area (Å²) in [5.74, 6) is 0. The van der Waals surface area contributed by atoms with Gasteiger partial charge in [-0.3, -0.25) is 0 Å². The molecule has 0 saturated heterocycles. The van der Waals surface area contributed by atoms with Crippen LogP contribution in [0.1, 0.15) is 54.9 Å². The molecule has 0 spiro atoms. The molecule has 0 fully saturated rings. The van der Waals surface area contributed by atoms with Crippen LogP contribution in [0.5, 0.6) is 0 Å². The SMILES string of the molecule is C[CH]=[Zr+2].[Cl-].[Cl-].c1cc2c([cH-]1)CCCC2.c1cc2c([cH-]1)CCCC2. The number of hydrogen-bond acceptors (Lipinski definition) is 0. The zero-order valence-corrected chi connectivity index (χ0v) is 17.9. The van der Waals surface area contributed by atoms with Crippen molar-refractivity contribution < 1.29 is 49.0 Å².